The highest BCUT2D eigenvalue weighted by Gasteiger charge is 2.43. The fourth-order valence-electron chi connectivity index (χ4n) is 3.36. The zero-order valence-electron chi connectivity index (χ0n) is 16.3. The van der Waals surface area contributed by atoms with Crippen molar-refractivity contribution in [3.05, 3.63) is 46.9 Å². The van der Waals surface area contributed by atoms with Crippen molar-refractivity contribution in [3.63, 3.8) is 0 Å². The third-order valence-electron chi connectivity index (χ3n) is 4.88. The van der Waals surface area contributed by atoms with E-state index in [-0.39, 0.29) is 19.4 Å². The fraction of sp³-hybridized carbons (Fsp3) is 0.526. The van der Waals surface area contributed by atoms with E-state index >= 15 is 0 Å². The number of amides is 2. The number of piperidine rings is 1. The van der Waals surface area contributed by atoms with Crippen LogP contribution in [0.4, 0.5) is 22.4 Å². The van der Waals surface area contributed by atoms with E-state index in [4.69, 9.17) is 0 Å². The normalized spacial score (nSPS) is 22.0. The summed E-state index contributed by atoms with van der Waals surface area (Å²) in [5.41, 5.74) is -0.434. The Bertz CT molecular complexity index is 864. The van der Waals surface area contributed by atoms with Crippen molar-refractivity contribution >= 4 is 15.9 Å². The molecule has 1 saturated heterocycles. The van der Waals surface area contributed by atoms with Crippen molar-refractivity contribution in [2.75, 3.05) is 12.8 Å². The zero-order valence-corrected chi connectivity index (χ0v) is 17.1. The van der Waals surface area contributed by atoms with Gasteiger partial charge >= 0.3 is 6.03 Å². The lowest BCUT2D eigenvalue weighted by Crippen LogP contribution is -2.50. The van der Waals surface area contributed by atoms with Gasteiger partial charge in [0.25, 0.3) is 0 Å². The molecule has 0 bridgehead atoms. The molecule has 0 unspecified atom stereocenters. The van der Waals surface area contributed by atoms with Crippen LogP contribution in [0.25, 0.3) is 0 Å². The maximum Gasteiger partial charge on any atom is 0.318 e. The average molecular weight is 436 g/mol. The van der Waals surface area contributed by atoms with Crippen LogP contribution in [0.3, 0.4) is 0 Å². The average Bonchev–Trinajstić information content (AvgIpc) is 2.58. The van der Waals surface area contributed by atoms with E-state index in [2.05, 4.69) is 5.32 Å². The van der Waals surface area contributed by atoms with Gasteiger partial charge in [-0.3, -0.25) is 0 Å². The quantitative estimate of drug-likeness (QED) is 0.709. The molecule has 0 aliphatic carbocycles. The van der Waals surface area contributed by atoms with E-state index in [1.165, 1.54) is 13.0 Å². The molecule has 1 heterocycles. The summed E-state index contributed by atoms with van der Waals surface area (Å²) >= 11 is 0. The van der Waals surface area contributed by atoms with Crippen molar-refractivity contribution < 1.29 is 30.8 Å². The van der Waals surface area contributed by atoms with Crippen LogP contribution >= 0.6 is 0 Å². The Kier molecular flexibility index (Phi) is 6.97. The Morgan fingerprint density at radius 2 is 1.90 bits per heavy atom. The molecule has 1 N–H and O–H groups in total. The van der Waals surface area contributed by atoms with Gasteiger partial charge in [-0.2, -0.15) is 0 Å². The number of sulfone groups is 1. The maximum atomic E-state index is 14.3. The van der Waals surface area contributed by atoms with Crippen LogP contribution in [0.2, 0.25) is 0 Å². The van der Waals surface area contributed by atoms with E-state index in [0.717, 1.165) is 41.7 Å². The van der Waals surface area contributed by atoms with E-state index in [1.807, 2.05) is 0 Å². The molecule has 10 heteroatoms. The smallest absolute Gasteiger partial charge is 0.318 e. The molecule has 162 valence electrons. The van der Waals surface area contributed by atoms with Gasteiger partial charge in [0.1, 0.15) is 11.6 Å². The lowest BCUT2D eigenvalue weighted by Gasteiger charge is -2.41. The minimum atomic E-state index is -3.40. The number of urea groups is 1. The molecule has 1 aliphatic heterocycles. The summed E-state index contributed by atoms with van der Waals surface area (Å²) in [5.74, 6) is -6.04. The maximum absolute atomic E-state index is 14.3. The van der Waals surface area contributed by atoms with Crippen LogP contribution in [0.5, 0.6) is 0 Å². The van der Waals surface area contributed by atoms with Crippen LogP contribution in [-0.2, 0) is 9.84 Å². The van der Waals surface area contributed by atoms with Gasteiger partial charge < -0.3 is 10.2 Å². The molecular weight excluding hydrogens is 412 g/mol. The van der Waals surface area contributed by atoms with Crippen molar-refractivity contribution in [3.8, 4) is 0 Å². The number of alkyl halides is 2. The molecule has 29 heavy (non-hydrogen) atoms. The highest BCUT2D eigenvalue weighted by Crippen LogP contribution is 2.42. The molecule has 1 aromatic carbocycles. The summed E-state index contributed by atoms with van der Waals surface area (Å²) in [7, 11) is -3.40. The standard InChI is InChI=1S/C19H24F4N2O3S/c1-12(8-10-29(3,27)28)24-18(26)25-9-7-13(19(2,22)23)11-16(25)17-14(20)5-4-6-15(17)21/h4-6,8,10,12-13,16H,7,9,11H2,1-3H3,(H,24,26)/b10-8+/t12-,13+,16-/m0/s1. The van der Waals surface area contributed by atoms with Gasteiger partial charge in [-0.1, -0.05) is 12.1 Å². The van der Waals surface area contributed by atoms with Crippen LogP contribution in [0, 0.1) is 17.6 Å². The molecule has 1 aromatic rings. The molecule has 1 aliphatic rings. The first-order valence-electron chi connectivity index (χ1n) is 9.06. The number of halogens is 4. The monoisotopic (exact) mass is 436 g/mol. The highest BCUT2D eigenvalue weighted by atomic mass is 32.2. The van der Waals surface area contributed by atoms with Crippen molar-refractivity contribution in [1.29, 1.82) is 0 Å². The Morgan fingerprint density at radius 3 is 2.41 bits per heavy atom. The highest BCUT2D eigenvalue weighted by molar-refractivity contribution is 7.93. The SMILES string of the molecule is C[C@@H](/C=C/S(C)(=O)=O)NC(=O)N1CC[C@@H](C(C)(F)F)C[C@H]1c1c(F)cccc1F. The summed E-state index contributed by atoms with van der Waals surface area (Å²) in [6.45, 7) is 2.15. The van der Waals surface area contributed by atoms with Crippen LogP contribution in [0.15, 0.2) is 29.7 Å². The van der Waals surface area contributed by atoms with Gasteiger partial charge in [0, 0.05) is 35.7 Å². The number of nitrogens with zero attached hydrogens (tertiary/aromatic N) is 1. The van der Waals surface area contributed by atoms with Gasteiger partial charge in [0.15, 0.2) is 9.84 Å². The largest absolute Gasteiger partial charge is 0.332 e. The minimum Gasteiger partial charge on any atom is -0.332 e. The Morgan fingerprint density at radius 1 is 1.31 bits per heavy atom. The summed E-state index contributed by atoms with van der Waals surface area (Å²) in [5, 5.41) is 3.44. The molecule has 0 aromatic heterocycles. The molecule has 1 fully saturated rings. The van der Waals surface area contributed by atoms with Gasteiger partial charge in [-0.15, -0.1) is 0 Å². The Labute approximate surface area is 167 Å². The lowest BCUT2D eigenvalue weighted by atomic mass is 9.83. The molecule has 3 atom stereocenters. The summed E-state index contributed by atoms with van der Waals surface area (Å²) in [6.07, 6.45) is 1.91. The third-order valence-corrected chi connectivity index (χ3v) is 5.53. The number of nitrogens with one attached hydrogen (secondary N) is 1. The lowest BCUT2D eigenvalue weighted by molar-refractivity contribution is -0.0692. The number of carbonyl (C=O) groups excluding carboxylic acids is 1. The van der Waals surface area contributed by atoms with Gasteiger partial charge in [-0.25, -0.2) is 30.8 Å². The first-order valence-corrected chi connectivity index (χ1v) is 11.0. The molecule has 0 radical (unpaired) electrons. The first kappa shape index (κ1) is 23.2. The number of likely N-dealkylation sites (tertiary alicyclic amines) is 1. The second kappa shape index (κ2) is 8.73. The summed E-state index contributed by atoms with van der Waals surface area (Å²) in [6, 6.07) is 0.548. The number of hydrogen-bond acceptors (Lipinski definition) is 3. The third kappa shape index (κ3) is 6.19. The van der Waals surface area contributed by atoms with Gasteiger partial charge in [-0.05, 0) is 38.8 Å². The topological polar surface area (TPSA) is 66.5 Å². The van der Waals surface area contributed by atoms with Crippen molar-refractivity contribution in [1.82, 2.24) is 10.2 Å². The number of rotatable bonds is 5. The van der Waals surface area contributed by atoms with E-state index in [0.29, 0.717) is 0 Å². The predicted octanol–water partition coefficient (Wildman–Crippen LogP) is 4.03. The minimum absolute atomic E-state index is 0.0307. The van der Waals surface area contributed by atoms with Crippen LogP contribution in [-0.4, -0.2) is 44.1 Å². The predicted molar refractivity (Wildman–Crippen MR) is 101 cm³/mol. The first-order chi connectivity index (χ1) is 13.3. The summed E-state index contributed by atoms with van der Waals surface area (Å²) in [4.78, 5) is 13.8. The Balaban J connectivity index is 2.31. The second-order valence-electron chi connectivity index (χ2n) is 7.42. The van der Waals surface area contributed by atoms with Crippen molar-refractivity contribution in [2.24, 2.45) is 5.92 Å². The van der Waals surface area contributed by atoms with Crippen LogP contribution < -0.4 is 5.32 Å². The van der Waals surface area contributed by atoms with E-state index in [9.17, 15) is 30.8 Å². The van der Waals surface area contributed by atoms with E-state index < -0.39 is 57.0 Å². The molecular formula is C19H24F4N2O3S. The number of carbonyl (C=O) groups is 1. The van der Waals surface area contributed by atoms with Gasteiger partial charge in [0.2, 0.25) is 5.92 Å². The second-order valence-corrected chi connectivity index (χ2v) is 9.35. The number of benzene rings is 1. The van der Waals surface area contributed by atoms with Crippen LogP contribution in [0.1, 0.15) is 38.3 Å². The molecule has 2 rings (SSSR count). The zero-order chi connectivity index (χ0) is 22.0. The Hall–Kier alpha value is -2.10. The van der Waals surface area contributed by atoms with E-state index in [1.54, 1.807) is 0 Å². The molecule has 0 saturated carbocycles. The molecule has 0 spiro atoms. The molecule has 5 nitrogen and oxygen atoms in total. The van der Waals surface area contributed by atoms with Gasteiger partial charge in [0.05, 0.1) is 6.04 Å². The summed E-state index contributed by atoms with van der Waals surface area (Å²) < 4.78 is 78.8. The van der Waals surface area contributed by atoms with Crippen molar-refractivity contribution in [2.45, 2.75) is 44.7 Å². The molecule has 2 amide bonds. The number of hydrogen-bond donors (Lipinski definition) is 1. The fourth-order valence-corrected chi connectivity index (χ4v) is 3.88.